The zero-order chi connectivity index (χ0) is 15.5. The second-order valence-corrected chi connectivity index (χ2v) is 6.47. The molecule has 1 N–H and O–H groups in total. The highest BCUT2D eigenvalue weighted by molar-refractivity contribution is 5.40. The Balaban J connectivity index is 1.50. The zero-order valence-corrected chi connectivity index (χ0v) is 13.5. The molecule has 2 aliphatic rings. The van der Waals surface area contributed by atoms with Crippen LogP contribution in [0.1, 0.15) is 28.3 Å². The molecule has 0 radical (unpaired) electrons. The van der Waals surface area contributed by atoms with Gasteiger partial charge in [0.05, 0.1) is 19.3 Å². The van der Waals surface area contributed by atoms with Gasteiger partial charge in [0.25, 0.3) is 0 Å². The van der Waals surface area contributed by atoms with Crippen molar-refractivity contribution in [1.82, 2.24) is 10.2 Å². The van der Waals surface area contributed by atoms with Crippen molar-refractivity contribution in [1.29, 1.82) is 0 Å². The van der Waals surface area contributed by atoms with Crippen molar-refractivity contribution in [3.8, 4) is 0 Å². The van der Waals surface area contributed by atoms with Gasteiger partial charge in [0.1, 0.15) is 0 Å². The van der Waals surface area contributed by atoms with Gasteiger partial charge in [-0.2, -0.15) is 0 Å². The molecule has 0 spiro atoms. The first-order chi connectivity index (χ1) is 11.4. The molecule has 3 heteroatoms. The van der Waals surface area contributed by atoms with Gasteiger partial charge >= 0.3 is 0 Å². The molecule has 1 unspecified atom stereocenters. The maximum Gasteiger partial charge on any atom is 0.0594 e. The molecular formula is C20H24N2O. The largest absolute Gasteiger partial charge is 0.379 e. The van der Waals surface area contributed by atoms with Crippen molar-refractivity contribution in [2.45, 2.75) is 19.0 Å². The summed E-state index contributed by atoms with van der Waals surface area (Å²) in [5.74, 6) is 0. The van der Waals surface area contributed by atoms with Gasteiger partial charge in [-0.1, -0.05) is 48.5 Å². The second-order valence-electron chi connectivity index (χ2n) is 6.47. The number of fused-ring (bicyclic) bond motifs is 1. The minimum atomic E-state index is 0.331. The fraction of sp³-hybridized carbons (Fsp3) is 0.400. The van der Waals surface area contributed by atoms with Crippen molar-refractivity contribution < 1.29 is 4.74 Å². The van der Waals surface area contributed by atoms with Gasteiger partial charge in [-0.05, 0) is 28.7 Å². The van der Waals surface area contributed by atoms with E-state index in [1.165, 1.54) is 22.3 Å². The lowest BCUT2D eigenvalue weighted by molar-refractivity contribution is 0.0342. The lowest BCUT2D eigenvalue weighted by atomic mass is 9.89. The second kappa shape index (κ2) is 6.83. The fourth-order valence-electron chi connectivity index (χ4n) is 3.64. The summed E-state index contributed by atoms with van der Waals surface area (Å²) in [6.45, 7) is 5.88. The molecule has 120 valence electrons. The molecule has 2 aromatic carbocycles. The van der Waals surface area contributed by atoms with Crippen LogP contribution in [0.2, 0.25) is 0 Å². The molecule has 2 aliphatic heterocycles. The summed E-state index contributed by atoms with van der Waals surface area (Å²) in [6.07, 6.45) is 1.13. The Bertz CT molecular complexity index is 647. The van der Waals surface area contributed by atoms with Gasteiger partial charge in [0.15, 0.2) is 0 Å². The van der Waals surface area contributed by atoms with Crippen LogP contribution in [0.3, 0.4) is 0 Å². The number of hydrogen-bond acceptors (Lipinski definition) is 3. The fourth-order valence-corrected chi connectivity index (χ4v) is 3.64. The first kappa shape index (κ1) is 14.9. The van der Waals surface area contributed by atoms with Crippen LogP contribution in [0.25, 0.3) is 0 Å². The minimum Gasteiger partial charge on any atom is -0.379 e. The van der Waals surface area contributed by atoms with Crippen LogP contribution in [0.4, 0.5) is 0 Å². The van der Waals surface area contributed by atoms with Crippen LogP contribution in [0.5, 0.6) is 0 Å². The first-order valence-electron chi connectivity index (χ1n) is 8.60. The highest BCUT2D eigenvalue weighted by Gasteiger charge is 2.20. The summed E-state index contributed by atoms with van der Waals surface area (Å²) in [5, 5.41) is 3.67. The first-order valence-corrected chi connectivity index (χ1v) is 8.60. The molecule has 1 atom stereocenters. The third kappa shape index (κ3) is 3.32. The maximum atomic E-state index is 5.42. The third-order valence-corrected chi connectivity index (χ3v) is 4.93. The van der Waals surface area contributed by atoms with Crippen molar-refractivity contribution in [3.63, 3.8) is 0 Å². The minimum absolute atomic E-state index is 0.331. The molecule has 2 heterocycles. The van der Waals surface area contributed by atoms with Gasteiger partial charge < -0.3 is 10.1 Å². The average molecular weight is 308 g/mol. The van der Waals surface area contributed by atoms with E-state index in [1.54, 1.807) is 0 Å². The third-order valence-electron chi connectivity index (χ3n) is 4.93. The van der Waals surface area contributed by atoms with E-state index in [1.807, 2.05) is 0 Å². The Hall–Kier alpha value is -1.68. The number of ether oxygens (including phenoxy) is 1. The lowest BCUT2D eigenvalue weighted by Gasteiger charge is -2.28. The predicted molar refractivity (Wildman–Crippen MR) is 92.5 cm³/mol. The quantitative estimate of drug-likeness (QED) is 0.943. The Kier molecular flexibility index (Phi) is 4.42. The van der Waals surface area contributed by atoms with Gasteiger partial charge in [-0.3, -0.25) is 4.90 Å². The smallest absolute Gasteiger partial charge is 0.0594 e. The van der Waals surface area contributed by atoms with E-state index in [0.717, 1.165) is 45.8 Å². The van der Waals surface area contributed by atoms with Crippen molar-refractivity contribution in [2.75, 3.05) is 32.8 Å². The zero-order valence-electron chi connectivity index (χ0n) is 13.5. The standard InChI is InChI=1S/C20H24N2O/c1-2-4-19-17(3-1)9-10-21-20(19)18-7-5-16(6-8-18)15-22-11-13-23-14-12-22/h1-8,20-21H,9-15H2. The molecule has 1 fully saturated rings. The van der Waals surface area contributed by atoms with Gasteiger partial charge in [0, 0.05) is 26.2 Å². The molecule has 0 aliphatic carbocycles. The molecule has 4 rings (SSSR count). The molecule has 0 amide bonds. The summed E-state index contributed by atoms with van der Waals surface area (Å²) in [7, 11) is 0. The number of morpholine rings is 1. The summed E-state index contributed by atoms with van der Waals surface area (Å²) < 4.78 is 5.42. The number of benzene rings is 2. The Morgan fingerprint density at radius 3 is 2.61 bits per heavy atom. The Morgan fingerprint density at radius 2 is 1.78 bits per heavy atom. The topological polar surface area (TPSA) is 24.5 Å². The highest BCUT2D eigenvalue weighted by atomic mass is 16.5. The lowest BCUT2D eigenvalue weighted by Crippen LogP contribution is -2.35. The van der Waals surface area contributed by atoms with Gasteiger partial charge in [-0.25, -0.2) is 0 Å². The number of hydrogen-bond donors (Lipinski definition) is 1. The number of nitrogens with zero attached hydrogens (tertiary/aromatic N) is 1. The monoisotopic (exact) mass is 308 g/mol. The molecule has 23 heavy (non-hydrogen) atoms. The van der Waals surface area contributed by atoms with Crippen LogP contribution in [-0.4, -0.2) is 37.7 Å². The molecule has 0 saturated carbocycles. The van der Waals surface area contributed by atoms with Crippen LogP contribution >= 0.6 is 0 Å². The number of nitrogens with one attached hydrogen (secondary N) is 1. The summed E-state index contributed by atoms with van der Waals surface area (Å²) in [5.41, 5.74) is 5.66. The van der Waals surface area contributed by atoms with E-state index in [0.29, 0.717) is 6.04 Å². The SMILES string of the molecule is c1ccc2c(c1)CCNC2c1ccc(CN2CCOCC2)cc1. The van der Waals surface area contributed by atoms with E-state index in [9.17, 15) is 0 Å². The average Bonchev–Trinajstić information content (AvgIpc) is 2.63. The normalized spacial score (nSPS) is 21.8. The summed E-state index contributed by atoms with van der Waals surface area (Å²) in [4.78, 5) is 2.46. The predicted octanol–water partition coefficient (Wildman–Crippen LogP) is 2.75. The van der Waals surface area contributed by atoms with Crippen LogP contribution in [0, 0.1) is 0 Å². The van der Waals surface area contributed by atoms with Crippen molar-refractivity contribution >= 4 is 0 Å². The Labute approximate surface area is 138 Å². The van der Waals surface area contributed by atoms with Crippen LogP contribution < -0.4 is 5.32 Å². The van der Waals surface area contributed by atoms with Gasteiger partial charge in [-0.15, -0.1) is 0 Å². The van der Waals surface area contributed by atoms with E-state index < -0.39 is 0 Å². The van der Waals surface area contributed by atoms with Crippen LogP contribution in [0.15, 0.2) is 48.5 Å². The van der Waals surface area contributed by atoms with Crippen molar-refractivity contribution in [2.24, 2.45) is 0 Å². The summed E-state index contributed by atoms with van der Waals surface area (Å²) in [6, 6.07) is 18.3. The molecule has 0 bridgehead atoms. The van der Waals surface area contributed by atoms with E-state index in [4.69, 9.17) is 4.74 Å². The molecule has 3 nitrogen and oxygen atoms in total. The molecule has 0 aromatic heterocycles. The molecule has 2 aromatic rings. The van der Waals surface area contributed by atoms with E-state index >= 15 is 0 Å². The summed E-state index contributed by atoms with van der Waals surface area (Å²) >= 11 is 0. The maximum absolute atomic E-state index is 5.42. The molecular weight excluding hydrogens is 284 g/mol. The van der Waals surface area contributed by atoms with E-state index in [-0.39, 0.29) is 0 Å². The van der Waals surface area contributed by atoms with Gasteiger partial charge in [0.2, 0.25) is 0 Å². The highest BCUT2D eigenvalue weighted by Crippen LogP contribution is 2.28. The molecule has 1 saturated heterocycles. The Morgan fingerprint density at radius 1 is 1.00 bits per heavy atom. The van der Waals surface area contributed by atoms with E-state index in [2.05, 4.69) is 58.7 Å². The number of rotatable bonds is 3. The van der Waals surface area contributed by atoms with Crippen LogP contribution in [-0.2, 0) is 17.7 Å². The van der Waals surface area contributed by atoms with Crippen molar-refractivity contribution in [3.05, 3.63) is 70.8 Å².